The first kappa shape index (κ1) is 16.3. The third kappa shape index (κ3) is 4.19. The van der Waals surface area contributed by atoms with Gasteiger partial charge in [0.1, 0.15) is 0 Å². The number of carbonyl (C=O) groups is 2. The summed E-state index contributed by atoms with van der Waals surface area (Å²) in [6, 6.07) is 0. The van der Waals surface area contributed by atoms with Crippen molar-refractivity contribution in [2.24, 2.45) is 11.3 Å². The highest BCUT2D eigenvalue weighted by Crippen LogP contribution is 2.31. The first-order chi connectivity index (χ1) is 10.0. The van der Waals surface area contributed by atoms with E-state index in [4.69, 9.17) is 0 Å². The Bertz CT molecular complexity index is 370. The second-order valence-corrected chi connectivity index (χ2v) is 6.86. The molecule has 2 aliphatic rings. The summed E-state index contributed by atoms with van der Waals surface area (Å²) in [5.74, 6) is 0.621. The van der Waals surface area contributed by atoms with Gasteiger partial charge in [0.15, 0.2) is 0 Å². The zero-order valence-corrected chi connectivity index (χ0v) is 13.4. The van der Waals surface area contributed by atoms with E-state index in [9.17, 15) is 9.59 Å². The average molecular weight is 295 g/mol. The molecule has 1 atom stereocenters. The molecule has 2 rings (SSSR count). The molecule has 0 radical (unpaired) electrons. The second-order valence-electron chi connectivity index (χ2n) is 6.86. The summed E-state index contributed by atoms with van der Waals surface area (Å²) in [7, 11) is 0. The number of nitrogens with zero attached hydrogens (tertiary/aromatic N) is 1. The van der Waals surface area contributed by atoms with Crippen LogP contribution in [0.25, 0.3) is 0 Å². The molecule has 2 N–H and O–H groups in total. The molecule has 0 aliphatic carbocycles. The molecule has 2 amide bonds. The van der Waals surface area contributed by atoms with Crippen molar-refractivity contribution in [1.82, 2.24) is 15.5 Å². The van der Waals surface area contributed by atoms with E-state index in [0.717, 1.165) is 51.9 Å². The Labute approximate surface area is 127 Å². The van der Waals surface area contributed by atoms with Crippen molar-refractivity contribution in [1.29, 1.82) is 0 Å². The molecule has 0 spiro atoms. The maximum Gasteiger partial charge on any atom is 0.225 e. The predicted molar refractivity (Wildman–Crippen MR) is 82.8 cm³/mol. The molecule has 5 nitrogen and oxygen atoms in total. The Morgan fingerprint density at radius 2 is 1.95 bits per heavy atom. The van der Waals surface area contributed by atoms with Crippen LogP contribution < -0.4 is 10.6 Å². The Morgan fingerprint density at radius 1 is 1.24 bits per heavy atom. The maximum absolute atomic E-state index is 12.4. The smallest absolute Gasteiger partial charge is 0.225 e. The van der Waals surface area contributed by atoms with E-state index in [2.05, 4.69) is 10.6 Å². The average Bonchev–Trinajstić information content (AvgIpc) is 3.02. The minimum Gasteiger partial charge on any atom is -0.355 e. The van der Waals surface area contributed by atoms with Crippen molar-refractivity contribution in [3.05, 3.63) is 0 Å². The van der Waals surface area contributed by atoms with Gasteiger partial charge in [0.05, 0.1) is 0 Å². The van der Waals surface area contributed by atoms with Crippen LogP contribution in [-0.2, 0) is 9.59 Å². The molecule has 0 aromatic rings. The minimum atomic E-state index is -0.371. The highest BCUT2D eigenvalue weighted by Gasteiger charge is 2.37. The van der Waals surface area contributed by atoms with Crippen LogP contribution in [0.1, 0.15) is 46.0 Å². The summed E-state index contributed by atoms with van der Waals surface area (Å²) >= 11 is 0. The summed E-state index contributed by atoms with van der Waals surface area (Å²) in [4.78, 5) is 26.3. The number of likely N-dealkylation sites (tertiary alicyclic amines) is 1. The zero-order valence-electron chi connectivity index (χ0n) is 13.4. The van der Waals surface area contributed by atoms with Crippen LogP contribution in [0.2, 0.25) is 0 Å². The number of hydrogen-bond acceptors (Lipinski definition) is 3. The zero-order chi connectivity index (χ0) is 15.3. The van der Waals surface area contributed by atoms with Gasteiger partial charge in [-0.2, -0.15) is 0 Å². The van der Waals surface area contributed by atoms with Crippen molar-refractivity contribution < 1.29 is 9.59 Å². The van der Waals surface area contributed by atoms with Gasteiger partial charge in [0, 0.05) is 31.5 Å². The van der Waals surface area contributed by atoms with Crippen LogP contribution >= 0.6 is 0 Å². The van der Waals surface area contributed by atoms with Gasteiger partial charge in [-0.25, -0.2) is 0 Å². The highest BCUT2D eigenvalue weighted by atomic mass is 16.2. The second kappa shape index (κ2) is 7.25. The topological polar surface area (TPSA) is 61.4 Å². The summed E-state index contributed by atoms with van der Waals surface area (Å²) < 4.78 is 0. The SMILES string of the molecule is CC(C)(C(=O)NCCC(=O)N1CCCC1)C1CCCNC1. The highest BCUT2D eigenvalue weighted by molar-refractivity contribution is 5.83. The lowest BCUT2D eigenvalue weighted by Crippen LogP contribution is -2.47. The largest absolute Gasteiger partial charge is 0.355 e. The summed E-state index contributed by atoms with van der Waals surface area (Å²) in [5.41, 5.74) is -0.371. The van der Waals surface area contributed by atoms with Crippen LogP contribution in [0.15, 0.2) is 0 Å². The standard InChI is InChI=1S/C16H29N3O2/c1-16(2,13-6-5-8-17-12-13)15(21)18-9-7-14(20)19-10-3-4-11-19/h13,17H,3-12H2,1-2H3,(H,18,21). The fourth-order valence-corrected chi connectivity index (χ4v) is 3.29. The molecule has 0 saturated carbocycles. The van der Waals surface area contributed by atoms with E-state index in [1.165, 1.54) is 0 Å². The van der Waals surface area contributed by atoms with E-state index in [-0.39, 0.29) is 17.2 Å². The Kier molecular flexibility index (Phi) is 5.62. The van der Waals surface area contributed by atoms with Crippen LogP contribution in [0.5, 0.6) is 0 Å². The van der Waals surface area contributed by atoms with E-state index in [1.54, 1.807) is 0 Å². The lowest BCUT2D eigenvalue weighted by molar-refractivity contribution is -0.133. The molecular formula is C16H29N3O2. The van der Waals surface area contributed by atoms with E-state index in [0.29, 0.717) is 18.9 Å². The quantitative estimate of drug-likeness (QED) is 0.799. The monoisotopic (exact) mass is 295 g/mol. The van der Waals surface area contributed by atoms with Crippen molar-refractivity contribution in [2.75, 3.05) is 32.7 Å². The molecule has 0 aromatic carbocycles. The number of piperidine rings is 1. The molecule has 2 heterocycles. The summed E-state index contributed by atoms with van der Waals surface area (Å²) in [5, 5.41) is 6.33. The fraction of sp³-hybridized carbons (Fsp3) is 0.875. The molecule has 21 heavy (non-hydrogen) atoms. The summed E-state index contributed by atoms with van der Waals surface area (Å²) in [6.07, 6.45) is 4.87. The van der Waals surface area contributed by atoms with Crippen LogP contribution in [0.3, 0.4) is 0 Å². The first-order valence-corrected chi connectivity index (χ1v) is 8.28. The molecule has 5 heteroatoms. The normalized spacial score (nSPS) is 23.1. The van der Waals surface area contributed by atoms with Crippen LogP contribution in [0.4, 0.5) is 0 Å². The van der Waals surface area contributed by atoms with Gasteiger partial charge < -0.3 is 15.5 Å². The van der Waals surface area contributed by atoms with Crippen molar-refractivity contribution in [3.8, 4) is 0 Å². The number of hydrogen-bond donors (Lipinski definition) is 2. The molecule has 2 fully saturated rings. The molecule has 2 saturated heterocycles. The minimum absolute atomic E-state index is 0.0745. The Hall–Kier alpha value is -1.10. The number of carbonyl (C=O) groups excluding carboxylic acids is 2. The van der Waals surface area contributed by atoms with Crippen molar-refractivity contribution in [2.45, 2.75) is 46.0 Å². The molecule has 120 valence electrons. The van der Waals surface area contributed by atoms with Gasteiger partial charge in [-0.05, 0) is 44.7 Å². The van der Waals surface area contributed by atoms with Gasteiger partial charge in [0.2, 0.25) is 11.8 Å². The van der Waals surface area contributed by atoms with Gasteiger partial charge in [-0.1, -0.05) is 13.8 Å². The van der Waals surface area contributed by atoms with E-state index < -0.39 is 0 Å². The van der Waals surface area contributed by atoms with Gasteiger partial charge in [0.25, 0.3) is 0 Å². The van der Waals surface area contributed by atoms with Crippen LogP contribution in [-0.4, -0.2) is 49.4 Å². The molecule has 0 aromatic heterocycles. The Balaban J connectivity index is 1.73. The molecule has 1 unspecified atom stereocenters. The predicted octanol–water partition coefficient (Wildman–Crippen LogP) is 1.14. The van der Waals surface area contributed by atoms with E-state index in [1.807, 2.05) is 18.7 Å². The van der Waals surface area contributed by atoms with Gasteiger partial charge >= 0.3 is 0 Å². The summed E-state index contributed by atoms with van der Waals surface area (Å²) in [6.45, 7) is 8.21. The lowest BCUT2D eigenvalue weighted by atomic mass is 9.74. The van der Waals surface area contributed by atoms with Crippen molar-refractivity contribution >= 4 is 11.8 Å². The lowest BCUT2D eigenvalue weighted by Gasteiger charge is -2.36. The van der Waals surface area contributed by atoms with Gasteiger partial charge in [-0.3, -0.25) is 9.59 Å². The van der Waals surface area contributed by atoms with Crippen molar-refractivity contribution in [3.63, 3.8) is 0 Å². The number of nitrogens with one attached hydrogen (secondary N) is 2. The first-order valence-electron chi connectivity index (χ1n) is 8.28. The number of amides is 2. The fourth-order valence-electron chi connectivity index (χ4n) is 3.29. The number of rotatable bonds is 5. The van der Waals surface area contributed by atoms with Gasteiger partial charge in [-0.15, -0.1) is 0 Å². The third-order valence-corrected chi connectivity index (χ3v) is 4.99. The molecule has 0 bridgehead atoms. The molecule has 2 aliphatic heterocycles. The van der Waals surface area contributed by atoms with E-state index >= 15 is 0 Å². The maximum atomic E-state index is 12.4. The molecular weight excluding hydrogens is 266 g/mol. The third-order valence-electron chi connectivity index (χ3n) is 4.99. The Morgan fingerprint density at radius 3 is 2.57 bits per heavy atom. The van der Waals surface area contributed by atoms with Crippen LogP contribution in [0, 0.1) is 11.3 Å².